The largest absolute Gasteiger partial charge is 0.477 e. The smallest absolute Gasteiger partial charge is 0.354 e. The molecule has 0 unspecified atom stereocenters. The molecule has 3 heterocycles. The van der Waals surface area contributed by atoms with Crippen LogP contribution in [-0.2, 0) is 0 Å². The van der Waals surface area contributed by atoms with Crippen LogP contribution in [0.25, 0.3) is 16.8 Å². The van der Waals surface area contributed by atoms with Gasteiger partial charge in [0.05, 0.1) is 11.3 Å². The van der Waals surface area contributed by atoms with Gasteiger partial charge in [-0.15, -0.1) is 0 Å². The number of nitrogens with one attached hydrogen (secondary N) is 1. The van der Waals surface area contributed by atoms with E-state index in [9.17, 15) is 9.90 Å². The number of piperazine rings is 1. The monoisotopic (exact) mass is 365 g/mol. The van der Waals surface area contributed by atoms with Crippen molar-refractivity contribution in [2.24, 2.45) is 0 Å². The highest BCUT2D eigenvalue weighted by Crippen LogP contribution is 2.34. The number of benzene rings is 1. The van der Waals surface area contributed by atoms with E-state index in [1.165, 1.54) is 0 Å². The van der Waals surface area contributed by atoms with Crippen molar-refractivity contribution < 1.29 is 9.90 Å². The molecule has 0 bridgehead atoms. The SMILES string of the molecule is Cc1cccc(C)c1-c1c(C)nn2c(N3CCNCC3)cc(C(=O)O)nc12. The third kappa shape index (κ3) is 2.94. The summed E-state index contributed by atoms with van der Waals surface area (Å²) in [4.78, 5) is 18.4. The van der Waals surface area contributed by atoms with Crippen molar-refractivity contribution in [2.45, 2.75) is 20.8 Å². The molecule has 7 heteroatoms. The molecule has 2 aromatic heterocycles. The molecule has 0 spiro atoms. The number of carboxylic acids is 1. The van der Waals surface area contributed by atoms with Gasteiger partial charge in [-0.25, -0.2) is 9.78 Å². The van der Waals surface area contributed by atoms with Crippen LogP contribution >= 0.6 is 0 Å². The second-order valence-corrected chi connectivity index (χ2v) is 7.00. The van der Waals surface area contributed by atoms with E-state index < -0.39 is 5.97 Å². The molecule has 1 saturated heterocycles. The number of rotatable bonds is 3. The minimum absolute atomic E-state index is 0.0448. The standard InChI is InChI=1S/C20H23N5O2/c1-12-5-4-6-13(2)17(12)18-14(3)23-25-16(24-9-7-21-8-10-24)11-15(20(26)27)22-19(18)25/h4-6,11,21H,7-10H2,1-3H3,(H,26,27). The van der Waals surface area contributed by atoms with Crippen molar-refractivity contribution in [3.63, 3.8) is 0 Å². The van der Waals surface area contributed by atoms with Gasteiger partial charge in [0.15, 0.2) is 11.3 Å². The topological polar surface area (TPSA) is 82.8 Å². The number of fused-ring (bicyclic) bond motifs is 1. The Morgan fingerprint density at radius 2 is 1.78 bits per heavy atom. The molecule has 0 radical (unpaired) electrons. The fourth-order valence-corrected chi connectivity index (χ4v) is 3.84. The van der Waals surface area contributed by atoms with Gasteiger partial charge in [-0.3, -0.25) is 0 Å². The van der Waals surface area contributed by atoms with Gasteiger partial charge in [0.2, 0.25) is 0 Å². The first-order valence-electron chi connectivity index (χ1n) is 9.13. The highest BCUT2D eigenvalue weighted by molar-refractivity contribution is 5.90. The Hall–Kier alpha value is -2.93. The van der Waals surface area contributed by atoms with Crippen LogP contribution in [0.2, 0.25) is 0 Å². The zero-order chi connectivity index (χ0) is 19.1. The number of nitrogens with zero attached hydrogens (tertiary/aromatic N) is 4. The van der Waals surface area contributed by atoms with Gasteiger partial charge < -0.3 is 15.3 Å². The summed E-state index contributed by atoms with van der Waals surface area (Å²) in [7, 11) is 0. The molecule has 1 aromatic carbocycles. The van der Waals surface area contributed by atoms with E-state index in [2.05, 4.69) is 41.2 Å². The first kappa shape index (κ1) is 17.5. The summed E-state index contributed by atoms with van der Waals surface area (Å²) in [6.45, 7) is 9.39. The maximum atomic E-state index is 11.7. The third-order valence-corrected chi connectivity index (χ3v) is 5.14. The van der Waals surface area contributed by atoms with Gasteiger partial charge in [0, 0.05) is 32.2 Å². The number of anilines is 1. The van der Waals surface area contributed by atoms with Crippen LogP contribution in [-0.4, -0.2) is 51.9 Å². The van der Waals surface area contributed by atoms with Crippen molar-refractivity contribution in [2.75, 3.05) is 31.1 Å². The van der Waals surface area contributed by atoms with Gasteiger partial charge >= 0.3 is 5.97 Å². The Balaban J connectivity index is 2.03. The Kier molecular flexibility index (Phi) is 4.31. The Morgan fingerprint density at radius 1 is 1.11 bits per heavy atom. The minimum Gasteiger partial charge on any atom is -0.477 e. The molecule has 7 nitrogen and oxygen atoms in total. The average molecular weight is 365 g/mol. The van der Waals surface area contributed by atoms with Gasteiger partial charge in [-0.1, -0.05) is 18.2 Å². The summed E-state index contributed by atoms with van der Waals surface area (Å²) in [5.74, 6) is -0.250. The minimum atomic E-state index is -1.03. The summed E-state index contributed by atoms with van der Waals surface area (Å²) in [6.07, 6.45) is 0. The summed E-state index contributed by atoms with van der Waals surface area (Å²) in [5, 5.41) is 17.7. The third-order valence-electron chi connectivity index (χ3n) is 5.14. The van der Waals surface area contributed by atoms with Crippen molar-refractivity contribution in [1.82, 2.24) is 19.9 Å². The van der Waals surface area contributed by atoms with Crippen molar-refractivity contribution in [3.8, 4) is 11.1 Å². The lowest BCUT2D eigenvalue weighted by molar-refractivity contribution is 0.0690. The predicted octanol–water partition coefficient (Wildman–Crippen LogP) is 2.43. The Bertz CT molecular complexity index is 1010. The molecule has 0 saturated carbocycles. The summed E-state index contributed by atoms with van der Waals surface area (Å²) in [6, 6.07) is 7.77. The number of carboxylic acid groups (broad SMARTS) is 1. The quantitative estimate of drug-likeness (QED) is 0.742. The molecule has 0 amide bonds. The lowest BCUT2D eigenvalue weighted by Crippen LogP contribution is -2.44. The molecular weight excluding hydrogens is 342 g/mol. The molecule has 1 aliphatic rings. The van der Waals surface area contributed by atoms with Crippen molar-refractivity contribution >= 4 is 17.4 Å². The van der Waals surface area contributed by atoms with Gasteiger partial charge in [0.25, 0.3) is 0 Å². The number of aromatic carboxylic acids is 1. The average Bonchev–Trinajstić information content (AvgIpc) is 2.97. The number of carbonyl (C=O) groups is 1. The number of hydrogen-bond acceptors (Lipinski definition) is 5. The van der Waals surface area contributed by atoms with Crippen LogP contribution in [0.3, 0.4) is 0 Å². The van der Waals surface area contributed by atoms with Gasteiger partial charge in [-0.2, -0.15) is 9.61 Å². The van der Waals surface area contributed by atoms with Crippen LogP contribution in [0.1, 0.15) is 27.3 Å². The van der Waals surface area contributed by atoms with E-state index in [0.717, 1.165) is 59.9 Å². The van der Waals surface area contributed by atoms with Crippen LogP contribution in [0.5, 0.6) is 0 Å². The van der Waals surface area contributed by atoms with Crippen LogP contribution < -0.4 is 10.2 Å². The van der Waals surface area contributed by atoms with Crippen LogP contribution in [0.4, 0.5) is 5.82 Å². The van der Waals surface area contributed by atoms with Gasteiger partial charge in [-0.05, 0) is 37.5 Å². The first-order valence-corrected chi connectivity index (χ1v) is 9.13. The molecule has 0 atom stereocenters. The Labute approximate surface area is 157 Å². The van der Waals surface area contributed by atoms with E-state index in [1.54, 1.807) is 10.6 Å². The molecule has 4 rings (SSSR count). The van der Waals surface area contributed by atoms with Crippen molar-refractivity contribution in [1.29, 1.82) is 0 Å². The van der Waals surface area contributed by atoms with E-state index >= 15 is 0 Å². The molecule has 140 valence electrons. The second kappa shape index (κ2) is 6.66. The highest BCUT2D eigenvalue weighted by atomic mass is 16.4. The normalized spacial score (nSPS) is 14.7. The first-order chi connectivity index (χ1) is 13.0. The maximum Gasteiger partial charge on any atom is 0.354 e. The second-order valence-electron chi connectivity index (χ2n) is 7.00. The van der Waals surface area contributed by atoms with Gasteiger partial charge in [0.1, 0.15) is 5.82 Å². The molecule has 1 aliphatic heterocycles. The van der Waals surface area contributed by atoms with Crippen molar-refractivity contribution in [3.05, 3.63) is 46.8 Å². The molecule has 0 aliphatic carbocycles. The molecule has 3 aromatic rings. The number of aryl methyl sites for hydroxylation is 3. The molecular formula is C20H23N5O2. The van der Waals surface area contributed by atoms with E-state index in [0.29, 0.717) is 5.65 Å². The van der Waals surface area contributed by atoms with E-state index in [1.807, 2.05) is 13.0 Å². The van der Waals surface area contributed by atoms with E-state index in [-0.39, 0.29) is 5.69 Å². The zero-order valence-corrected chi connectivity index (χ0v) is 15.8. The molecule has 2 N–H and O–H groups in total. The zero-order valence-electron chi connectivity index (χ0n) is 15.8. The lowest BCUT2D eigenvalue weighted by Gasteiger charge is -2.29. The van der Waals surface area contributed by atoms with Crippen LogP contribution in [0, 0.1) is 20.8 Å². The lowest BCUT2D eigenvalue weighted by atomic mass is 9.96. The summed E-state index contributed by atoms with van der Waals surface area (Å²) < 4.78 is 1.80. The Morgan fingerprint density at radius 3 is 2.41 bits per heavy atom. The summed E-state index contributed by atoms with van der Waals surface area (Å²) in [5.41, 5.74) is 5.72. The maximum absolute atomic E-state index is 11.7. The summed E-state index contributed by atoms with van der Waals surface area (Å²) >= 11 is 0. The number of aromatic nitrogens is 3. The van der Waals surface area contributed by atoms with Crippen LogP contribution in [0.15, 0.2) is 24.3 Å². The highest BCUT2D eigenvalue weighted by Gasteiger charge is 2.23. The fourth-order valence-electron chi connectivity index (χ4n) is 3.84. The van der Waals surface area contributed by atoms with E-state index in [4.69, 9.17) is 5.10 Å². The molecule has 27 heavy (non-hydrogen) atoms. The molecule has 1 fully saturated rings. The predicted molar refractivity (Wildman–Crippen MR) is 105 cm³/mol. The fraction of sp³-hybridized carbons (Fsp3) is 0.350. The number of hydrogen-bond donors (Lipinski definition) is 2.